The van der Waals surface area contributed by atoms with Gasteiger partial charge in [0.25, 0.3) is 0 Å². The highest BCUT2D eigenvalue weighted by Crippen LogP contribution is 2.26. The van der Waals surface area contributed by atoms with Crippen LogP contribution in [0.25, 0.3) is 0 Å². The molecule has 1 heterocycles. The van der Waals surface area contributed by atoms with Crippen LogP contribution in [0, 0.1) is 0 Å². The van der Waals surface area contributed by atoms with E-state index in [9.17, 15) is 4.79 Å². The second-order valence-corrected chi connectivity index (χ2v) is 6.17. The Labute approximate surface area is 144 Å². The monoisotopic (exact) mass is 335 g/mol. The molecule has 0 aliphatic carbocycles. The molecule has 1 amide bonds. The van der Waals surface area contributed by atoms with Crippen LogP contribution in [0.15, 0.2) is 18.2 Å². The van der Waals surface area contributed by atoms with Gasteiger partial charge in [-0.1, -0.05) is 0 Å². The largest absolute Gasteiger partial charge is 0.497 e. The summed E-state index contributed by atoms with van der Waals surface area (Å²) in [4.78, 5) is 16.8. The first kappa shape index (κ1) is 18.5. The van der Waals surface area contributed by atoms with Gasteiger partial charge in [0, 0.05) is 38.3 Å². The van der Waals surface area contributed by atoms with Crippen LogP contribution in [0.2, 0.25) is 0 Å². The third kappa shape index (κ3) is 4.19. The van der Waals surface area contributed by atoms with Crippen molar-refractivity contribution in [1.29, 1.82) is 0 Å². The van der Waals surface area contributed by atoms with E-state index < -0.39 is 0 Å². The Morgan fingerprint density at radius 1 is 1.21 bits per heavy atom. The molecule has 0 spiro atoms. The molecule has 1 aliphatic rings. The normalized spacial score (nSPS) is 20.9. The van der Waals surface area contributed by atoms with Crippen LogP contribution >= 0.6 is 0 Å². The van der Waals surface area contributed by atoms with E-state index in [-0.39, 0.29) is 18.0 Å². The van der Waals surface area contributed by atoms with Crippen LogP contribution in [-0.2, 0) is 11.3 Å². The highest BCUT2D eigenvalue weighted by molar-refractivity contribution is 5.82. The molecule has 0 saturated carbocycles. The minimum absolute atomic E-state index is 0.0296. The number of methoxy groups -OCH3 is 2. The molecule has 134 valence electrons. The number of likely N-dealkylation sites (N-methyl/N-ethyl adjacent to an activating group) is 1. The summed E-state index contributed by atoms with van der Waals surface area (Å²) in [6.45, 7) is 6.83. The van der Waals surface area contributed by atoms with Gasteiger partial charge in [-0.3, -0.25) is 9.69 Å². The minimum atomic E-state index is -0.155. The average molecular weight is 335 g/mol. The van der Waals surface area contributed by atoms with Crippen molar-refractivity contribution in [2.45, 2.75) is 38.9 Å². The number of amides is 1. The second-order valence-electron chi connectivity index (χ2n) is 6.17. The number of hydrogen-bond donors (Lipinski definition) is 1. The SMILES string of the molecule is CCN(CC)C(=O)[C@@H]1C[C@H](N)CN1Cc1cc(OC)cc(OC)c1. The standard InChI is InChI=1S/C18H29N3O3/c1-5-20(6-2)18(22)17-9-14(19)12-21(17)11-13-7-15(23-3)10-16(8-13)24-4/h7-8,10,14,17H,5-6,9,11-12,19H2,1-4H3/t14-,17-/m0/s1. The van der Waals surface area contributed by atoms with Crippen LogP contribution in [0.4, 0.5) is 0 Å². The number of nitrogens with two attached hydrogens (primary N) is 1. The number of rotatable bonds is 7. The van der Waals surface area contributed by atoms with E-state index >= 15 is 0 Å². The Morgan fingerprint density at radius 2 is 1.79 bits per heavy atom. The first-order valence-electron chi connectivity index (χ1n) is 8.52. The highest BCUT2D eigenvalue weighted by Gasteiger charge is 2.36. The van der Waals surface area contributed by atoms with Gasteiger partial charge in [0.2, 0.25) is 5.91 Å². The summed E-state index contributed by atoms with van der Waals surface area (Å²) >= 11 is 0. The second kappa shape index (κ2) is 8.35. The zero-order valence-corrected chi connectivity index (χ0v) is 15.1. The molecule has 1 fully saturated rings. The number of benzene rings is 1. The van der Waals surface area contributed by atoms with Gasteiger partial charge in [-0.15, -0.1) is 0 Å². The number of carbonyl (C=O) groups is 1. The van der Waals surface area contributed by atoms with Gasteiger partial charge in [0.15, 0.2) is 0 Å². The number of likely N-dealkylation sites (tertiary alicyclic amines) is 1. The van der Waals surface area contributed by atoms with Crippen molar-refractivity contribution in [3.8, 4) is 11.5 Å². The van der Waals surface area contributed by atoms with Crippen molar-refractivity contribution in [2.75, 3.05) is 33.9 Å². The summed E-state index contributed by atoms with van der Waals surface area (Å²) in [5.41, 5.74) is 7.19. The smallest absolute Gasteiger partial charge is 0.239 e. The van der Waals surface area contributed by atoms with E-state index in [4.69, 9.17) is 15.2 Å². The molecule has 2 atom stereocenters. The molecule has 0 unspecified atom stereocenters. The lowest BCUT2D eigenvalue weighted by atomic mass is 10.1. The van der Waals surface area contributed by atoms with E-state index in [1.54, 1.807) is 14.2 Å². The zero-order valence-electron chi connectivity index (χ0n) is 15.1. The van der Waals surface area contributed by atoms with Gasteiger partial charge < -0.3 is 20.1 Å². The molecular formula is C18H29N3O3. The maximum Gasteiger partial charge on any atom is 0.239 e. The number of ether oxygens (including phenoxy) is 2. The molecule has 6 heteroatoms. The molecule has 0 bridgehead atoms. The molecule has 1 aliphatic heterocycles. The summed E-state index contributed by atoms with van der Waals surface area (Å²) in [7, 11) is 3.27. The molecule has 0 aromatic heterocycles. The van der Waals surface area contributed by atoms with E-state index in [1.807, 2.05) is 36.9 Å². The highest BCUT2D eigenvalue weighted by atomic mass is 16.5. The summed E-state index contributed by atoms with van der Waals surface area (Å²) in [5, 5.41) is 0. The minimum Gasteiger partial charge on any atom is -0.497 e. The molecule has 6 nitrogen and oxygen atoms in total. The maximum atomic E-state index is 12.8. The summed E-state index contributed by atoms with van der Waals surface area (Å²) in [5.74, 6) is 1.67. The summed E-state index contributed by atoms with van der Waals surface area (Å²) < 4.78 is 10.7. The quantitative estimate of drug-likeness (QED) is 0.817. The lowest BCUT2D eigenvalue weighted by Gasteiger charge is -2.29. The summed E-state index contributed by atoms with van der Waals surface area (Å²) in [6.07, 6.45) is 0.705. The Morgan fingerprint density at radius 3 is 2.29 bits per heavy atom. The zero-order chi connectivity index (χ0) is 17.7. The van der Waals surface area contributed by atoms with Crippen LogP contribution < -0.4 is 15.2 Å². The Kier molecular flexibility index (Phi) is 6.45. The van der Waals surface area contributed by atoms with Crippen LogP contribution in [0.3, 0.4) is 0 Å². The van der Waals surface area contributed by atoms with Crippen molar-refractivity contribution in [3.63, 3.8) is 0 Å². The molecule has 2 rings (SSSR count). The fraction of sp³-hybridized carbons (Fsp3) is 0.611. The number of nitrogens with zero attached hydrogens (tertiary/aromatic N) is 2. The predicted octanol–water partition coefficient (Wildman–Crippen LogP) is 1.47. The van der Waals surface area contributed by atoms with Crippen molar-refractivity contribution in [3.05, 3.63) is 23.8 Å². The molecule has 1 aromatic carbocycles. The van der Waals surface area contributed by atoms with Crippen LogP contribution in [-0.4, -0.2) is 61.6 Å². The van der Waals surface area contributed by atoms with E-state index in [0.717, 1.165) is 36.7 Å². The third-order valence-corrected chi connectivity index (χ3v) is 4.59. The lowest BCUT2D eigenvalue weighted by molar-refractivity contribution is -0.135. The molecule has 2 N–H and O–H groups in total. The van der Waals surface area contributed by atoms with Crippen molar-refractivity contribution in [2.24, 2.45) is 5.73 Å². The Hall–Kier alpha value is -1.79. The Balaban J connectivity index is 2.19. The van der Waals surface area contributed by atoms with Gasteiger partial charge in [0.1, 0.15) is 11.5 Å². The third-order valence-electron chi connectivity index (χ3n) is 4.59. The van der Waals surface area contributed by atoms with Gasteiger partial charge in [-0.05, 0) is 38.0 Å². The number of carbonyl (C=O) groups excluding carboxylic acids is 1. The lowest BCUT2D eigenvalue weighted by Crippen LogP contribution is -2.45. The molecular weight excluding hydrogens is 306 g/mol. The molecule has 1 aromatic rings. The average Bonchev–Trinajstić information content (AvgIpc) is 2.95. The van der Waals surface area contributed by atoms with E-state index in [0.29, 0.717) is 13.0 Å². The van der Waals surface area contributed by atoms with Crippen molar-refractivity contribution >= 4 is 5.91 Å². The van der Waals surface area contributed by atoms with Crippen LogP contribution in [0.1, 0.15) is 25.8 Å². The molecule has 0 radical (unpaired) electrons. The molecule has 1 saturated heterocycles. The number of hydrogen-bond acceptors (Lipinski definition) is 5. The fourth-order valence-corrected chi connectivity index (χ4v) is 3.31. The fourth-order valence-electron chi connectivity index (χ4n) is 3.31. The van der Waals surface area contributed by atoms with Gasteiger partial charge in [0.05, 0.1) is 20.3 Å². The van der Waals surface area contributed by atoms with Crippen molar-refractivity contribution in [1.82, 2.24) is 9.80 Å². The first-order chi connectivity index (χ1) is 11.5. The van der Waals surface area contributed by atoms with E-state index in [2.05, 4.69) is 4.90 Å². The van der Waals surface area contributed by atoms with Crippen molar-refractivity contribution < 1.29 is 14.3 Å². The predicted molar refractivity (Wildman–Crippen MR) is 94.3 cm³/mol. The topological polar surface area (TPSA) is 68.0 Å². The van der Waals surface area contributed by atoms with Gasteiger partial charge >= 0.3 is 0 Å². The maximum absolute atomic E-state index is 12.8. The molecule has 24 heavy (non-hydrogen) atoms. The Bertz CT molecular complexity index is 538. The van der Waals surface area contributed by atoms with Gasteiger partial charge in [-0.2, -0.15) is 0 Å². The van der Waals surface area contributed by atoms with Gasteiger partial charge in [-0.25, -0.2) is 0 Å². The first-order valence-corrected chi connectivity index (χ1v) is 8.52. The summed E-state index contributed by atoms with van der Waals surface area (Å²) in [6, 6.07) is 5.67. The van der Waals surface area contributed by atoms with E-state index in [1.165, 1.54) is 0 Å². The van der Waals surface area contributed by atoms with Crippen LogP contribution in [0.5, 0.6) is 11.5 Å².